The van der Waals surface area contributed by atoms with Crippen LogP contribution in [0, 0.1) is 11.6 Å². The molecule has 1 amide bonds. The van der Waals surface area contributed by atoms with Gasteiger partial charge in [-0.3, -0.25) is 4.79 Å². The van der Waals surface area contributed by atoms with E-state index >= 15 is 0 Å². The largest absolute Gasteiger partial charge is 0.493 e. The predicted molar refractivity (Wildman–Crippen MR) is 99.2 cm³/mol. The van der Waals surface area contributed by atoms with Crippen LogP contribution in [0.2, 0.25) is 0 Å². The number of likely N-dealkylation sites (N-methyl/N-ethyl adjacent to an activating group) is 1. The molecule has 0 saturated carbocycles. The summed E-state index contributed by atoms with van der Waals surface area (Å²) in [5, 5.41) is 2.61. The van der Waals surface area contributed by atoms with E-state index in [-0.39, 0.29) is 11.6 Å². The van der Waals surface area contributed by atoms with Crippen molar-refractivity contribution in [1.29, 1.82) is 0 Å². The molecule has 0 spiro atoms. The third kappa shape index (κ3) is 5.40. The Morgan fingerprint density at radius 1 is 1.15 bits per heavy atom. The summed E-state index contributed by atoms with van der Waals surface area (Å²) < 4.78 is 37.1. The van der Waals surface area contributed by atoms with Crippen molar-refractivity contribution in [1.82, 2.24) is 0 Å². The number of hydrogen-bond acceptors (Lipinski definition) is 3. The third-order valence-corrected chi connectivity index (χ3v) is 4.33. The van der Waals surface area contributed by atoms with Crippen LogP contribution in [0.3, 0.4) is 0 Å². The van der Waals surface area contributed by atoms with E-state index < -0.39 is 17.7 Å². The van der Waals surface area contributed by atoms with E-state index in [2.05, 4.69) is 5.32 Å². The zero-order chi connectivity index (χ0) is 20.0. The first-order valence-electron chi connectivity index (χ1n) is 8.73. The number of methoxy groups -OCH3 is 1. The molecule has 0 aliphatic carbocycles. The summed E-state index contributed by atoms with van der Waals surface area (Å²) in [4.78, 5) is 13.3. The van der Waals surface area contributed by atoms with E-state index in [0.29, 0.717) is 24.7 Å². The number of halogens is 2. The molecule has 0 heterocycles. The van der Waals surface area contributed by atoms with E-state index in [4.69, 9.17) is 9.47 Å². The fourth-order valence-corrected chi connectivity index (χ4v) is 2.62. The Labute approximate surface area is 157 Å². The Bertz CT molecular complexity index is 799. The Morgan fingerprint density at radius 3 is 2.52 bits per heavy atom. The molecule has 146 valence electrons. The first-order chi connectivity index (χ1) is 12.8. The third-order valence-electron chi connectivity index (χ3n) is 4.33. The van der Waals surface area contributed by atoms with Crippen molar-refractivity contribution >= 4 is 11.6 Å². The van der Waals surface area contributed by atoms with Gasteiger partial charge in [-0.05, 0) is 44.2 Å². The number of carbonyl (C=O) groups excluding carboxylic acids is 1. The first kappa shape index (κ1) is 20.6. The van der Waals surface area contributed by atoms with Crippen LogP contribution in [0.25, 0.3) is 0 Å². The Kier molecular flexibility index (Phi) is 7.12. The summed E-state index contributed by atoms with van der Waals surface area (Å²) in [6.45, 7) is 4.80. The number of amides is 1. The number of anilines is 1. The number of benzene rings is 2. The fourth-order valence-electron chi connectivity index (χ4n) is 2.62. The van der Waals surface area contributed by atoms with Crippen molar-refractivity contribution in [3.63, 3.8) is 0 Å². The topological polar surface area (TPSA) is 52.0 Å². The molecule has 0 radical (unpaired) electrons. The molecule has 5 nitrogen and oxygen atoms in total. The molecule has 2 aromatic rings. The second kappa shape index (κ2) is 9.32. The van der Waals surface area contributed by atoms with Gasteiger partial charge in [-0.15, -0.1) is 0 Å². The van der Waals surface area contributed by atoms with Gasteiger partial charge >= 0.3 is 0 Å². The lowest BCUT2D eigenvalue weighted by molar-refractivity contribution is -0.907. The minimum absolute atomic E-state index is 0.223. The number of rotatable bonds is 8. The van der Waals surface area contributed by atoms with Crippen LogP contribution >= 0.6 is 0 Å². The summed E-state index contributed by atoms with van der Waals surface area (Å²) in [6, 6.07) is 8.53. The van der Waals surface area contributed by atoms with Gasteiger partial charge in [0, 0.05) is 17.3 Å². The highest BCUT2D eigenvalue weighted by Gasteiger charge is 2.23. The maximum Gasteiger partial charge on any atom is 0.282 e. The molecule has 2 N–H and O–H groups in total. The van der Waals surface area contributed by atoms with Gasteiger partial charge in [-0.1, -0.05) is 0 Å². The summed E-state index contributed by atoms with van der Waals surface area (Å²) in [7, 11) is 3.47. The van der Waals surface area contributed by atoms with Crippen LogP contribution in [0.4, 0.5) is 14.5 Å². The van der Waals surface area contributed by atoms with Crippen molar-refractivity contribution in [2.75, 3.05) is 26.1 Å². The molecule has 1 unspecified atom stereocenters. The number of carbonyl (C=O) groups is 1. The summed E-state index contributed by atoms with van der Waals surface area (Å²) in [5.41, 5.74) is 1.21. The molecule has 2 atom stereocenters. The van der Waals surface area contributed by atoms with Gasteiger partial charge in [0.05, 0.1) is 20.8 Å². The van der Waals surface area contributed by atoms with Crippen molar-refractivity contribution in [3.05, 3.63) is 53.6 Å². The van der Waals surface area contributed by atoms with Crippen LogP contribution in [0.15, 0.2) is 36.4 Å². The average Bonchev–Trinajstić information content (AvgIpc) is 2.65. The molecular formula is C20H25F2N2O3+. The van der Waals surface area contributed by atoms with Gasteiger partial charge in [0.2, 0.25) is 0 Å². The second-order valence-electron chi connectivity index (χ2n) is 6.28. The molecule has 0 fully saturated rings. The van der Waals surface area contributed by atoms with E-state index in [9.17, 15) is 13.6 Å². The van der Waals surface area contributed by atoms with Crippen molar-refractivity contribution in [3.8, 4) is 11.5 Å². The molecule has 0 bridgehead atoms. The minimum Gasteiger partial charge on any atom is -0.493 e. The van der Waals surface area contributed by atoms with Gasteiger partial charge in [0.1, 0.15) is 6.54 Å². The average molecular weight is 379 g/mol. The van der Waals surface area contributed by atoms with Gasteiger partial charge in [-0.2, -0.15) is 0 Å². The lowest BCUT2D eigenvalue weighted by atomic mass is 10.1. The molecular weight excluding hydrogens is 354 g/mol. The highest BCUT2D eigenvalue weighted by atomic mass is 19.2. The van der Waals surface area contributed by atoms with Crippen LogP contribution in [0.5, 0.6) is 11.5 Å². The van der Waals surface area contributed by atoms with Crippen LogP contribution in [-0.4, -0.2) is 32.7 Å². The Hall–Kier alpha value is -2.67. The standard InChI is InChI=1S/C20H24F2N2O3/c1-5-27-18-9-6-14(10-19(18)26-4)12-24(3)13(2)20(25)23-15-7-8-16(21)17(22)11-15/h6-11,13H,5,12H2,1-4H3,(H,23,25)/p+1/t13-/m0/s1. The SMILES string of the molecule is CCOc1ccc(C[NH+](C)[C@@H](C)C(=O)Nc2ccc(F)c(F)c2)cc1OC. The molecule has 0 aromatic heterocycles. The van der Waals surface area contributed by atoms with Gasteiger partial charge in [-0.25, -0.2) is 8.78 Å². The lowest BCUT2D eigenvalue weighted by Crippen LogP contribution is -3.12. The maximum atomic E-state index is 13.3. The molecule has 27 heavy (non-hydrogen) atoms. The molecule has 0 aliphatic rings. The quantitative estimate of drug-likeness (QED) is 0.741. The van der Waals surface area contributed by atoms with Crippen molar-refractivity contribution < 1.29 is 27.9 Å². The van der Waals surface area contributed by atoms with Gasteiger partial charge < -0.3 is 19.7 Å². The molecule has 7 heteroatoms. The second-order valence-corrected chi connectivity index (χ2v) is 6.28. The Balaban J connectivity index is 2.02. The molecule has 0 aliphatic heterocycles. The van der Waals surface area contributed by atoms with Crippen molar-refractivity contribution in [2.45, 2.75) is 26.4 Å². The van der Waals surface area contributed by atoms with Crippen LogP contribution in [-0.2, 0) is 11.3 Å². The molecule has 2 rings (SSSR count). The van der Waals surface area contributed by atoms with E-state index in [1.165, 1.54) is 6.07 Å². The minimum atomic E-state index is -0.998. The fraction of sp³-hybridized carbons (Fsp3) is 0.350. The van der Waals surface area contributed by atoms with Crippen LogP contribution < -0.4 is 19.7 Å². The van der Waals surface area contributed by atoms with E-state index in [1.807, 2.05) is 32.2 Å². The summed E-state index contributed by atoms with van der Waals surface area (Å²) >= 11 is 0. The molecule has 2 aromatic carbocycles. The maximum absolute atomic E-state index is 13.3. The van der Waals surface area contributed by atoms with Gasteiger partial charge in [0.15, 0.2) is 29.2 Å². The Morgan fingerprint density at radius 2 is 1.89 bits per heavy atom. The lowest BCUT2D eigenvalue weighted by Gasteiger charge is -2.21. The zero-order valence-corrected chi connectivity index (χ0v) is 15.9. The summed E-state index contributed by atoms with van der Waals surface area (Å²) in [5.74, 6) is -0.918. The van der Waals surface area contributed by atoms with E-state index in [1.54, 1.807) is 14.0 Å². The highest BCUT2D eigenvalue weighted by molar-refractivity contribution is 5.93. The van der Waals surface area contributed by atoms with E-state index in [0.717, 1.165) is 22.6 Å². The molecule has 0 saturated heterocycles. The number of hydrogen-bond donors (Lipinski definition) is 2. The number of quaternary nitrogens is 1. The first-order valence-corrected chi connectivity index (χ1v) is 8.73. The number of nitrogens with one attached hydrogen (secondary N) is 2. The zero-order valence-electron chi connectivity index (χ0n) is 15.9. The van der Waals surface area contributed by atoms with Crippen molar-refractivity contribution in [2.24, 2.45) is 0 Å². The van der Waals surface area contributed by atoms with Crippen LogP contribution in [0.1, 0.15) is 19.4 Å². The summed E-state index contributed by atoms with van der Waals surface area (Å²) in [6.07, 6.45) is 0. The smallest absolute Gasteiger partial charge is 0.282 e. The number of ether oxygens (including phenoxy) is 2. The van der Waals surface area contributed by atoms with Gasteiger partial charge in [0.25, 0.3) is 5.91 Å². The monoisotopic (exact) mass is 379 g/mol. The predicted octanol–water partition coefficient (Wildman–Crippen LogP) is 2.41. The highest BCUT2D eigenvalue weighted by Crippen LogP contribution is 2.27. The normalized spacial score (nSPS) is 13.0.